The largest absolute Gasteiger partial charge is 0.485 e. The van der Waals surface area contributed by atoms with Crippen LogP contribution in [0.3, 0.4) is 0 Å². The second-order valence-corrected chi connectivity index (χ2v) is 6.68. The molecule has 28 heavy (non-hydrogen) atoms. The summed E-state index contributed by atoms with van der Waals surface area (Å²) in [4.78, 5) is 26.6. The van der Waals surface area contributed by atoms with Crippen LogP contribution < -0.4 is 14.8 Å². The van der Waals surface area contributed by atoms with E-state index < -0.39 is 6.10 Å². The fourth-order valence-electron chi connectivity index (χ4n) is 3.17. The van der Waals surface area contributed by atoms with Crippen molar-refractivity contribution in [3.8, 4) is 11.5 Å². The van der Waals surface area contributed by atoms with Gasteiger partial charge >= 0.3 is 0 Å². The summed E-state index contributed by atoms with van der Waals surface area (Å²) < 4.78 is 16.5. The molecule has 0 bridgehead atoms. The third kappa shape index (κ3) is 4.09. The number of ether oxygens (including phenoxy) is 3. The van der Waals surface area contributed by atoms with E-state index in [1.54, 1.807) is 23.1 Å². The summed E-state index contributed by atoms with van der Waals surface area (Å²) in [5.41, 5.74) is 1.54. The predicted octanol–water partition coefficient (Wildman–Crippen LogP) is 1.62. The zero-order valence-electron chi connectivity index (χ0n) is 15.4. The highest BCUT2D eigenvalue weighted by atomic mass is 16.6. The van der Waals surface area contributed by atoms with Gasteiger partial charge < -0.3 is 24.4 Å². The van der Waals surface area contributed by atoms with Crippen LogP contribution in [0.1, 0.15) is 15.9 Å². The van der Waals surface area contributed by atoms with Gasteiger partial charge in [-0.1, -0.05) is 24.3 Å². The van der Waals surface area contributed by atoms with Crippen molar-refractivity contribution in [2.75, 3.05) is 32.9 Å². The number of para-hydroxylation sites is 2. The summed E-state index contributed by atoms with van der Waals surface area (Å²) >= 11 is 0. The molecular weight excluding hydrogens is 360 g/mol. The van der Waals surface area contributed by atoms with E-state index in [-0.39, 0.29) is 18.4 Å². The molecule has 0 aromatic heterocycles. The average molecular weight is 382 g/mol. The Labute approximate surface area is 163 Å². The van der Waals surface area contributed by atoms with Gasteiger partial charge in [0, 0.05) is 25.2 Å². The first-order valence-electron chi connectivity index (χ1n) is 9.33. The van der Waals surface area contributed by atoms with Gasteiger partial charge in [-0.05, 0) is 29.8 Å². The molecule has 2 amide bonds. The summed E-state index contributed by atoms with van der Waals surface area (Å²) in [5, 5.41) is 2.86. The van der Waals surface area contributed by atoms with Crippen molar-refractivity contribution in [1.29, 1.82) is 0 Å². The first-order valence-corrected chi connectivity index (χ1v) is 9.33. The Bertz CT molecular complexity index is 846. The highest BCUT2D eigenvalue weighted by molar-refractivity contribution is 5.94. The number of hydrogen-bond acceptors (Lipinski definition) is 5. The Morgan fingerprint density at radius 2 is 1.71 bits per heavy atom. The summed E-state index contributed by atoms with van der Waals surface area (Å²) in [6.07, 6.45) is -0.683. The molecule has 0 aliphatic carbocycles. The molecule has 0 spiro atoms. The molecule has 1 saturated heterocycles. The molecule has 0 saturated carbocycles. The molecule has 1 N–H and O–H groups in total. The highest BCUT2D eigenvalue weighted by Gasteiger charge is 2.27. The van der Waals surface area contributed by atoms with Gasteiger partial charge in [-0.3, -0.25) is 9.59 Å². The molecule has 4 rings (SSSR count). The normalized spacial score (nSPS) is 18.4. The van der Waals surface area contributed by atoms with E-state index in [1.807, 2.05) is 30.3 Å². The number of benzene rings is 2. The van der Waals surface area contributed by atoms with E-state index in [0.717, 1.165) is 5.56 Å². The van der Waals surface area contributed by atoms with Gasteiger partial charge in [0.2, 0.25) is 6.10 Å². The number of amides is 2. The Kier molecular flexibility index (Phi) is 5.43. The molecule has 2 heterocycles. The van der Waals surface area contributed by atoms with E-state index in [2.05, 4.69) is 5.32 Å². The molecule has 1 fully saturated rings. The van der Waals surface area contributed by atoms with Crippen LogP contribution >= 0.6 is 0 Å². The zero-order chi connectivity index (χ0) is 19.3. The molecular formula is C21H22N2O5. The maximum absolute atomic E-state index is 12.5. The lowest BCUT2D eigenvalue weighted by Gasteiger charge is -2.27. The molecule has 2 aromatic rings. The van der Waals surface area contributed by atoms with Crippen molar-refractivity contribution in [2.45, 2.75) is 12.6 Å². The second-order valence-electron chi connectivity index (χ2n) is 6.68. The molecule has 1 unspecified atom stereocenters. The van der Waals surface area contributed by atoms with Crippen molar-refractivity contribution in [3.05, 3.63) is 59.7 Å². The van der Waals surface area contributed by atoms with Crippen LogP contribution in [0.5, 0.6) is 11.5 Å². The van der Waals surface area contributed by atoms with Crippen LogP contribution in [0.2, 0.25) is 0 Å². The van der Waals surface area contributed by atoms with Crippen LogP contribution in [0.25, 0.3) is 0 Å². The third-order valence-corrected chi connectivity index (χ3v) is 4.77. The average Bonchev–Trinajstić information content (AvgIpc) is 2.77. The Morgan fingerprint density at radius 3 is 2.46 bits per heavy atom. The minimum Gasteiger partial charge on any atom is -0.485 e. The zero-order valence-corrected chi connectivity index (χ0v) is 15.4. The van der Waals surface area contributed by atoms with E-state index in [1.165, 1.54) is 0 Å². The van der Waals surface area contributed by atoms with E-state index >= 15 is 0 Å². The fraction of sp³-hybridized carbons (Fsp3) is 0.333. The number of nitrogens with one attached hydrogen (secondary N) is 1. The smallest absolute Gasteiger partial charge is 0.264 e. The summed E-state index contributed by atoms with van der Waals surface area (Å²) in [5.74, 6) is 0.986. The van der Waals surface area contributed by atoms with Crippen molar-refractivity contribution in [3.63, 3.8) is 0 Å². The van der Waals surface area contributed by atoms with Gasteiger partial charge in [0.25, 0.3) is 11.8 Å². The number of hydrogen-bond donors (Lipinski definition) is 1. The fourth-order valence-corrected chi connectivity index (χ4v) is 3.17. The van der Waals surface area contributed by atoms with Crippen molar-refractivity contribution < 1.29 is 23.8 Å². The Hall–Kier alpha value is -3.06. The first kappa shape index (κ1) is 18.3. The van der Waals surface area contributed by atoms with Gasteiger partial charge in [0.05, 0.1) is 13.2 Å². The molecule has 1 atom stereocenters. The summed E-state index contributed by atoms with van der Waals surface area (Å²) in [6.45, 7) is 2.91. The van der Waals surface area contributed by atoms with E-state index in [0.29, 0.717) is 49.9 Å². The number of morpholine rings is 1. The maximum atomic E-state index is 12.5. The van der Waals surface area contributed by atoms with Crippen LogP contribution in [-0.2, 0) is 16.1 Å². The van der Waals surface area contributed by atoms with Gasteiger partial charge in [-0.2, -0.15) is 0 Å². The third-order valence-electron chi connectivity index (χ3n) is 4.77. The van der Waals surface area contributed by atoms with E-state index in [9.17, 15) is 9.59 Å². The molecule has 146 valence electrons. The Balaban J connectivity index is 1.30. The number of rotatable bonds is 4. The van der Waals surface area contributed by atoms with Crippen molar-refractivity contribution in [1.82, 2.24) is 10.2 Å². The van der Waals surface area contributed by atoms with Crippen LogP contribution in [0.15, 0.2) is 48.5 Å². The van der Waals surface area contributed by atoms with Gasteiger partial charge in [-0.25, -0.2) is 0 Å². The maximum Gasteiger partial charge on any atom is 0.264 e. The molecule has 0 radical (unpaired) electrons. The minimum atomic E-state index is -0.683. The molecule has 2 aromatic carbocycles. The standard InChI is InChI=1S/C21H22N2O5/c24-20(19-14-27-17-3-1-2-4-18(17)28-19)22-13-15-5-7-16(8-6-15)21(25)23-9-11-26-12-10-23/h1-8,19H,9-14H2,(H,22,24). The summed E-state index contributed by atoms with van der Waals surface area (Å²) in [7, 11) is 0. The minimum absolute atomic E-state index is 0.00491. The van der Waals surface area contributed by atoms with Crippen molar-refractivity contribution >= 4 is 11.8 Å². The van der Waals surface area contributed by atoms with E-state index in [4.69, 9.17) is 14.2 Å². The van der Waals surface area contributed by atoms with Gasteiger partial charge in [0.15, 0.2) is 11.5 Å². The highest BCUT2D eigenvalue weighted by Crippen LogP contribution is 2.30. The predicted molar refractivity (Wildman–Crippen MR) is 101 cm³/mol. The monoisotopic (exact) mass is 382 g/mol. The van der Waals surface area contributed by atoms with Gasteiger partial charge in [-0.15, -0.1) is 0 Å². The SMILES string of the molecule is O=C(NCc1ccc(C(=O)N2CCOCC2)cc1)C1COc2ccccc2O1. The molecule has 7 nitrogen and oxygen atoms in total. The number of fused-ring (bicyclic) bond motifs is 1. The topological polar surface area (TPSA) is 77.1 Å². The van der Waals surface area contributed by atoms with Crippen molar-refractivity contribution in [2.24, 2.45) is 0 Å². The van der Waals surface area contributed by atoms with Crippen LogP contribution in [0, 0.1) is 0 Å². The van der Waals surface area contributed by atoms with Crippen LogP contribution in [-0.4, -0.2) is 55.7 Å². The lowest BCUT2D eigenvalue weighted by Crippen LogP contribution is -2.43. The first-order chi connectivity index (χ1) is 13.7. The summed E-state index contributed by atoms with van der Waals surface area (Å²) in [6, 6.07) is 14.6. The quantitative estimate of drug-likeness (QED) is 0.870. The lowest BCUT2D eigenvalue weighted by molar-refractivity contribution is -0.130. The number of carbonyl (C=O) groups excluding carboxylic acids is 2. The molecule has 2 aliphatic heterocycles. The number of nitrogens with zero attached hydrogens (tertiary/aromatic N) is 1. The Morgan fingerprint density at radius 1 is 1.00 bits per heavy atom. The molecule has 2 aliphatic rings. The van der Waals surface area contributed by atoms with Crippen LogP contribution in [0.4, 0.5) is 0 Å². The second kappa shape index (κ2) is 8.31. The molecule has 7 heteroatoms. The lowest BCUT2D eigenvalue weighted by atomic mass is 10.1. The number of carbonyl (C=O) groups is 2. The van der Waals surface area contributed by atoms with Gasteiger partial charge in [0.1, 0.15) is 6.61 Å².